The Labute approximate surface area is 121 Å². The van der Waals surface area contributed by atoms with Crippen LogP contribution in [0.15, 0.2) is 0 Å². The summed E-state index contributed by atoms with van der Waals surface area (Å²) in [6.45, 7) is 9.62. The minimum atomic E-state index is 0.831. The fourth-order valence-corrected chi connectivity index (χ4v) is 2.98. The summed E-state index contributed by atoms with van der Waals surface area (Å²) in [7, 11) is 1.98. The second-order valence-electron chi connectivity index (χ2n) is 5.50. The molecule has 19 heavy (non-hydrogen) atoms. The fraction of sp³-hybridized carbons (Fsp3) is 0.786. The predicted molar refractivity (Wildman–Crippen MR) is 79.5 cm³/mol. The van der Waals surface area contributed by atoms with Gasteiger partial charge >= 0.3 is 0 Å². The van der Waals surface area contributed by atoms with Crippen LogP contribution in [0.3, 0.4) is 0 Å². The smallest absolute Gasteiger partial charge is 0.0860 e. The number of piperidine rings is 1. The second-order valence-corrected chi connectivity index (χ2v) is 5.87. The predicted octanol–water partition coefficient (Wildman–Crippen LogP) is 2.20. The summed E-state index contributed by atoms with van der Waals surface area (Å²) in [6.07, 6.45) is 2.56. The number of nitrogens with zero attached hydrogens (tertiary/aromatic N) is 3. The van der Waals surface area contributed by atoms with Crippen LogP contribution in [-0.4, -0.2) is 40.9 Å². The minimum Gasteiger partial charge on any atom is -0.317 e. The van der Waals surface area contributed by atoms with Crippen molar-refractivity contribution in [3.8, 4) is 0 Å². The van der Waals surface area contributed by atoms with E-state index in [1.54, 1.807) is 0 Å². The van der Waals surface area contributed by atoms with E-state index in [1.165, 1.54) is 12.8 Å². The van der Waals surface area contributed by atoms with E-state index in [9.17, 15) is 0 Å². The van der Waals surface area contributed by atoms with E-state index in [-0.39, 0.29) is 0 Å². The molecule has 5 heteroatoms. The Bertz CT molecular complexity index is 408. The summed E-state index contributed by atoms with van der Waals surface area (Å²) >= 11 is 6.31. The van der Waals surface area contributed by atoms with Crippen LogP contribution in [0.5, 0.6) is 0 Å². The first-order valence-electron chi connectivity index (χ1n) is 7.22. The maximum absolute atomic E-state index is 6.31. The molecule has 0 spiro atoms. The first kappa shape index (κ1) is 14.8. The number of likely N-dealkylation sites (tertiary alicyclic amines) is 1. The monoisotopic (exact) mass is 284 g/mol. The van der Waals surface area contributed by atoms with Gasteiger partial charge < -0.3 is 5.32 Å². The van der Waals surface area contributed by atoms with E-state index in [4.69, 9.17) is 11.6 Å². The molecule has 1 saturated heterocycles. The first-order chi connectivity index (χ1) is 9.11. The van der Waals surface area contributed by atoms with Crippen molar-refractivity contribution in [2.45, 2.75) is 33.2 Å². The minimum absolute atomic E-state index is 0.831. The average molecular weight is 285 g/mol. The lowest BCUT2D eigenvalue weighted by atomic mass is 9.96. The molecule has 0 aromatic carbocycles. The third-order valence-electron chi connectivity index (χ3n) is 4.03. The van der Waals surface area contributed by atoms with Gasteiger partial charge in [0.1, 0.15) is 0 Å². The normalized spacial score (nSPS) is 18.1. The first-order valence-corrected chi connectivity index (χ1v) is 7.60. The number of aryl methyl sites for hydroxylation is 2. The molecule has 0 radical (unpaired) electrons. The van der Waals surface area contributed by atoms with Crippen molar-refractivity contribution in [2.75, 3.05) is 26.2 Å². The molecule has 0 amide bonds. The summed E-state index contributed by atoms with van der Waals surface area (Å²) in [4.78, 5) is 2.49. The highest BCUT2D eigenvalue weighted by atomic mass is 35.5. The van der Waals surface area contributed by atoms with Crippen LogP contribution in [0.4, 0.5) is 0 Å². The third-order valence-corrected chi connectivity index (χ3v) is 4.52. The van der Waals surface area contributed by atoms with Crippen molar-refractivity contribution >= 4 is 11.6 Å². The zero-order chi connectivity index (χ0) is 13.8. The van der Waals surface area contributed by atoms with Crippen LogP contribution in [0.25, 0.3) is 0 Å². The number of hydrogen-bond donors (Lipinski definition) is 1. The van der Waals surface area contributed by atoms with Gasteiger partial charge in [-0.3, -0.25) is 9.58 Å². The second kappa shape index (κ2) is 6.73. The van der Waals surface area contributed by atoms with Crippen molar-refractivity contribution < 1.29 is 0 Å². The van der Waals surface area contributed by atoms with Gasteiger partial charge in [0.05, 0.1) is 16.4 Å². The number of rotatable bonds is 5. The maximum atomic E-state index is 6.31. The highest BCUT2D eigenvalue weighted by molar-refractivity contribution is 6.31. The third kappa shape index (κ3) is 3.71. The van der Waals surface area contributed by atoms with Gasteiger partial charge in [0.15, 0.2) is 0 Å². The maximum Gasteiger partial charge on any atom is 0.0860 e. The molecule has 2 rings (SSSR count). The highest BCUT2D eigenvalue weighted by Gasteiger charge is 2.21. The van der Waals surface area contributed by atoms with E-state index in [0.717, 1.165) is 55.1 Å². The van der Waals surface area contributed by atoms with Crippen LogP contribution in [-0.2, 0) is 13.6 Å². The molecule has 0 bridgehead atoms. The van der Waals surface area contributed by atoms with Crippen molar-refractivity contribution in [1.29, 1.82) is 0 Å². The summed E-state index contributed by atoms with van der Waals surface area (Å²) in [5, 5.41) is 8.66. The Hall–Kier alpha value is -0.580. The SMILES string of the molecule is CCNCC1CCN(Cc2c(Cl)c(C)nn2C)CC1. The molecular formula is C14H25ClN4. The molecule has 1 aromatic rings. The molecule has 0 unspecified atom stereocenters. The van der Waals surface area contributed by atoms with Crippen molar-refractivity contribution in [3.63, 3.8) is 0 Å². The molecular weight excluding hydrogens is 260 g/mol. The largest absolute Gasteiger partial charge is 0.317 e. The lowest BCUT2D eigenvalue weighted by Crippen LogP contribution is -2.37. The fourth-order valence-electron chi connectivity index (χ4n) is 2.76. The Kier molecular flexibility index (Phi) is 5.25. The Morgan fingerprint density at radius 1 is 1.37 bits per heavy atom. The lowest BCUT2D eigenvalue weighted by Gasteiger charge is -2.32. The highest BCUT2D eigenvalue weighted by Crippen LogP contribution is 2.23. The van der Waals surface area contributed by atoms with E-state index >= 15 is 0 Å². The number of nitrogens with one attached hydrogen (secondary N) is 1. The number of hydrogen-bond acceptors (Lipinski definition) is 3. The molecule has 2 heterocycles. The summed E-state index contributed by atoms with van der Waals surface area (Å²) in [5.41, 5.74) is 2.07. The number of aromatic nitrogens is 2. The van der Waals surface area contributed by atoms with E-state index in [1.807, 2.05) is 18.7 Å². The van der Waals surface area contributed by atoms with Crippen LogP contribution < -0.4 is 5.32 Å². The van der Waals surface area contributed by atoms with Gasteiger partial charge in [-0.05, 0) is 51.9 Å². The van der Waals surface area contributed by atoms with Crippen LogP contribution in [0.1, 0.15) is 31.2 Å². The molecule has 1 aliphatic heterocycles. The molecule has 0 aliphatic carbocycles. The molecule has 108 valence electrons. The molecule has 1 aromatic heterocycles. The quantitative estimate of drug-likeness (QED) is 0.900. The zero-order valence-electron chi connectivity index (χ0n) is 12.2. The Morgan fingerprint density at radius 2 is 2.05 bits per heavy atom. The van der Waals surface area contributed by atoms with Gasteiger partial charge in [0.2, 0.25) is 0 Å². The van der Waals surface area contributed by atoms with Crippen molar-refractivity contribution in [1.82, 2.24) is 20.0 Å². The van der Waals surface area contributed by atoms with Gasteiger partial charge in [-0.15, -0.1) is 0 Å². The van der Waals surface area contributed by atoms with E-state index < -0.39 is 0 Å². The Balaban J connectivity index is 1.85. The molecule has 1 fully saturated rings. The zero-order valence-corrected chi connectivity index (χ0v) is 13.0. The van der Waals surface area contributed by atoms with Gasteiger partial charge in [-0.2, -0.15) is 5.10 Å². The topological polar surface area (TPSA) is 33.1 Å². The molecule has 4 nitrogen and oxygen atoms in total. The van der Waals surface area contributed by atoms with E-state index in [0.29, 0.717) is 0 Å². The van der Waals surface area contributed by atoms with Crippen molar-refractivity contribution in [3.05, 3.63) is 16.4 Å². The molecule has 0 saturated carbocycles. The molecule has 0 atom stereocenters. The Morgan fingerprint density at radius 3 is 2.58 bits per heavy atom. The van der Waals surface area contributed by atoms with Crippen molar-refractivity contribution in [2.24, 2.45) is 13.0 Å². The van der Waals surface area contributed by atoms with Crippen LogP contribution in [0, 0.1) is 12.8 Å². The molecule has 1 aliphatic rings. The van der Waals surface area contributed by atoms with Gasteiger partial charge in [0.25, 0.3) is 0 Å². The molecule has 1 N–H and O–H groups in total. The number of halogens is 1. The van der Waals surface area contributed by atoms with Gasteiger partial charge in [-0.1, -0.05) is 18.5 Å². The standard InChI is InChI=1S/C14H25ClN4/c1-4-16-9-12-5-7-19(8-6-12)10-13-14(15)11(2)17-18(13)3/h12,16H,4-10H2,1-3H3. The summed E-state index contributed by atoms with van der Waals surface area (Å²) in [6, 6.07) is 0. The van der Waals surface area contributed by atoms with Gasteiger partial charge in [0, 0.05) is 13.6 Å². The van der Waals surface area contributed by atoms with Gasteiger partial charge in [-0.25, -0.2) is 0 Å². The van der Waals surface area contributed by atoms with E-state index in [2.05, 4.69) is 22.2 Å². The van der Waals surface area contributed by atoms with Crippen LogP contribution in [0.2, 0.25) is 5.02 Å². The van der Waals surface area contributed by atoms with Crippen LogP contribution >= 0.6 is 11.6 Å². The summed E-state index contributed by atoms with van der Waals surface area (Å²) < 4.78 is 1.92. The lowest BCUT2D eigenvalue weighted by molar-refractivity contribution is 0.172. The average Bonchev–Trinajstić information content (AvgIpc) is 2.64. The summed E-state index contributed by atoms with van der Waals surface area (Å²) in [5.74, 6) is 0.833.